The fraction of sp³-hybridized carbons (Fsp3) is 0.280. The Labute approximate surface area is 179 Å². The van der Waals surface area contributed by atoms with Crippen molar-refractivity contribution in [1.82, 2.24) is 9.62 Å². The van der Waals surface area contributed by atoms with Crippen molar-refractivity contribution in [2.24, 2.45) is 0 Å². The van der Waals surface area contributed by atoms with Gasteiger partial charge in [-0.05, 0) is 37.0 Å². The molecule has 0 bridgehead atoms. The molecule has 1 fully saturated rings. The Morgan fingerprint density at radius 3 is 2.20 bits per heavy atom. The van der Waals surface area contributed by atoms with Gasteiger partial charge in [0.2, 0.25) is 10.0 Å². The molecule has 1 saturated heterocycles. The predicted molar refractivity (Wildman–Crippen MR) is 122 cm³/mol. The minimum absolute atomic E-state index is 0.0352. The van der Waals surface area contributed by atoms with Crippen molar-refractivity contribution in [3.63, 3.8) is 0 Å². The highest BCUT2D eigenvalue weighted by atomic mass is 32.2. The lowest BCUT2D eigenvalue weighted by molar-refractivity contribution is 0.200. The number of hydrogen-bond donors (Lipinski definition) is 1. The van der Waals surface area contributed by atoms with Crippen LogP contribution in [0.5, 0.6) is 0 Å². The lowest BCUT2D eigenvalue weighted by Crippen LogP contribution is -2.44. The van der Waals surface area contributed by atoms with Crippen LogP contribution in [0.2, 0.25) is 0 Å². The van der Waals surface area contributed by atoms with Crippen LogP contribution < -0.4 is 4.72 Å². The molecule has 4 nitrogen and oxygen atoms in total. The fourth-order valence-electron chi connectivity index (χ4n) is 4.05. The maximum atomic E-state index is 13.3. The third-order valence-corrected chi connectivity index (χ3v) is 7.25. The molecule has 4 rings (SSSR count). The molecule has 0 amide bonds. The molecule has 0 atom stereocenters. The number of benzene rings is 3. The molecule has 1 aliphatic rings. The molecular weight excluding hydrogens is 392 g/mol. The van der Waals surface area contributed by atoms with Crippen LogP contribution in [-0.4, -0.2) is 32.4 Å². The first kappa shape index (κ1) is 20.8. The van der Waals surface area contributed by atoms with Crippen LogP contribution in [0.3, 0.4) is 0 Å². The quantitative estimate of drug-likeness (QED) is 0.634. The molecule has 0 aromatic heterocycles. The number of hydrogen-bond acceptors (Lipinski definition) is 3. The predicted octanol–water partition coefficient (Wildman–Crippen LogP) is 4.60. The van der Waals surface area contributed by atoms with Gasteiger partial charge < -0.3 is 0 Å². The van der Waals surface area contributed by atoms with E-state index in [4.69, 9.17) is 0 Å². The van der Waals surface area contributed by atoms with Crippen molar-refractivity contribution in [3.8, 4) is 11.1 Å². The molecule has 1 N–H and O–H groups in total. The van der Waals surface area contributed by atoms with Gasteiger partial charge in [-0.1, -0.05) is 78.4 Å². The van der Waals surface area contributed by atoms with Gasteiger partial charge in [-0.3, -0.25) is 4.90 Å². The summed E-state index contributed by atoms with van der Waals surface area (Å²) in [4.78, 5) is 2.74. The molecule has 0 unspecified atom stereocenters. The maximum absolute atomic E-state index is 13.3. The normalized spacial score (nSPS) is 15.9. The smallest absolute Gasteiger partial charge is 0.241 e. The van der Waals surface area contributed by atoms with Crippen molar-refractivity contribution < 1.29 is 8.42 Å². The van der Waals surface area contributed by atoms with E-state index in [1.54, 1.807) is 6.07 Å². The Morgan fingerprint density at radius 2 is 1.53 bits per heavy atom. The third-order valence-electron chi connectivity index (χ3n) is 5.67. The lowest BCUT2D eigenvalue weighted by atomic mass is 10.0. The monoisotopic (exact) mass is 420 g/mol. The van der Waals surface area contributed by atoms with E-state index >= 15 is 0 Å². The van der Waals surface area contributed by atoms with E-state index in [-0.39, 0.29) is 6.04 Å². The van der Waals surface area contributed by atoms with Crippen LogP contribution in [0.4, 0.5) is 0 Å². The molecular formula is C25H28N2O2S. The summed E-state index contributed by atoms with van der Waals surface area (Å²) in [5, 5.41) is 0. The van der Waals surface area contributed by atoms with Gasteiger partial charge in [0, 0.05) is 31.2 Å². The van der Waals surface area contributed by atoms with Crippen molar-refractivity contribution in [2.75, 3.05) is 13.1 Å². The standard InChI is InChI=1S/C25H28N2O2S/c1-20-12-13-25(24(18-20)22-10-6-3-7-11-22)30(28,29)26-23-14-16-27(17-15-23)19-21-8-4-2-5-9-21/h2-13,18,23,26H,14-17,19H2,1H3. The van der Waals surface area contributed by atoms with Gasteiger partial charge in [-0.25, -0.2) is 13.1 Å². The minimum Gasteiger partial charge on any atom is -0.299 e. The summed E-state index contributed by atoms with van der Waals surface area (Å²) in [5.41, 5.74) is 4.01. The molecule has 30 heavy (non-hydrogen) atoms. The van der Waals surface area contributed by atoms with Gasteiger partial charge in [-0.15, -0.1) is 0 Å². The Bertz CT molecular complexity index is 1070. The van der Waals surface area contributed by atoms with E-state index in [0.717, 1.165) is 49.2 Å². The van der Waals surface area contributed by atoms with Crippen molar-refractivity contribution in [1.29, 1.82) is 0 Å². The van der Waals surface area contributed by atoms with Crippen LogP contribution >= 0.6 is 0 Å². The fourth-order valence-corrected chi connectivity index (χ4v) is 5.57. The van der Waals surface area contributed by atoms with Gasteiger partial charge in [0.15, 0.2) is 0 Å². The largest absolute Gasteiger partial charge is 0.299 e. The Hall–Kier alpha value is -2.47. The second kappa shape index (κ2) is 9.13. The Kier molecular flexibility index (Phi) is 6.32. The van der Waals surface area contributed by atoms with Gasteiger partial charge in [0.1, 0.15) is 0 Å². The van der Waals surface area contributed by atoms with Crippen molar-refractivity contribution in [2.45, 2.75) is 37.2 Å². The second-order valence-electron chi connectivity index (χ2n) is 8.02. The van der Waals surface area contributed by atoms with E-state index in [9.17, 15) is 8.42 Å². The highest BCUT2D eigenvalue weighted by molar-refractivity contribution is 7.89. The molecule has 0 spiro atoms. The Balaban J connectivity index is 1.46. The van der Waals surface area contributed by atoms with E-state index in [1.807, 2.05) is 55.5 Å². The number of sulfonamides is 1. The summed E-state index contributed by atoms with van der Waals surface area (Å²) in [7, 11) is -3.60. The molecule has 0 radical (unpaired) electrons. The van der Waals surface area contributed by atoms with Gasteiger partial charge in [0.05, 0.1) is 4.90 Å². The van der Waals surface area contributed by atoms with Crippen LogP contribution in [-0.2, 0) is 16.6 Å². The SMILES string of the molecule is Cc1ccc(S(=O)(=O)NC2CCN(Cc3ccccc3)CC2)c(-c2ccccc2)c1. The molecule has 1 heterocycles. The summed E-state index contributed by atoms with van der Waals surface area (Å²) in [6.07, 6.45) is 1.64. The first-order valence-electron chi connectivity index (χ1n) is 10.5. The number of rotatable bonds is 6. The van der Waals surface area contributed by atoms with Crippen LogP contribution in [0, 0.1) is 6.92 Å². The highest BCUT2D eigenvalue weighted by Gasteiger charge is 2.26. The zero-order chi connectivity index (χ0) is 21.0. The molecule has 156 valence electrons. The topological polar surface area (TPSA) is 49.4 Å². The second-order valence-corrected chi connectivity index (χ2v) is 9.71. The number of aryl methyl sites for hydroxylation is 1. The van der Waals surface area contributed by atoms with Crippen LogP contribution in [0.25, 0.3) is 11.1 Å². The number of piperidine rings is 1. The van der Waals surface area contributed by atoms with Gasteiger partial charge >= 0.3 is 0 Å². The first-order valence-corrected chi connectivity index (χ1v) is 11.9. The van der Waals surface area contributed by atoms with Crippen LogP contribution in [0.15, 0.2) is 83.8 Å². The minimum atomic E-state index is -3.60. The summed E-state index contributed by atoms with van der Waals surface area (Å²) >= 11 is 0. The summed E-state index contributed by atoms with van der Waals surface area (Å²) in [5.74, 6) is 0. The van der Waals surface area contributed by atoms with Gasteiger partial charge in [0.25, 0.3) is 0 Å². The zero-order valence-corrected chi connectivity index (χ0v) is 18.1. The third kappa shape index (κ3) is 4.98. The van der Waals surface area contributed by atoms with Crippen molar-refractivity contribution in [3.05, 3.63) is 90.0 Å². The molecule has 5 heteroatoms. The molecule has 3 aromatic carbocycles. The Morgan fingerprint density at radius 1 is 0.900 bits per heavy atom. The zero-order valence-electron chi connectivity index (χ0n) is 17.3. The van der Waals surface area contributed by atoms with Gasteiger partial charge in [-0.2, -0.15) is 0 Å². The molecule has 0 aliphatic carbocycles. The van der Waals surface area contributed by atoms with E-state index in [1.165, 1.54) is 5.56 Å². The highest BCUT2D eigenvalue weighted by Crippen LogP contribution is 2.29. The average molecular weight is 421 g/mol. The number of nitrogens with one attached hydrogen (secondary N) is 1. The number of likely N-dealkylation sites (tertiary alicyclic amines) is 1. The van der Waals surface area contributed by atoms with E-state index in [0.29, 0.717) is 4.90 Å². The van der Waals surface area contributed by atoms with E-state index in [2.05, 4.69) is 33.9 Å². The average Bonchev–Trinajstić information content (AvgIpc) is 2.76. The van der Waals surface area contributed by atoms with E-state index < -0.39 is 10.0 Å². The van der Waals surface area contributed by atoms with Crippen LogP contribution in [0.1, 0.15) is 24.0 Å². The maximum Gasteiger partial charge on any atom is 0.241 e. The van der Waals surface area contributed by atoms with Crippen molar-refractivity contribution >= 4 is 10.0 Å². The molecule has 1 aliphatic heterocycles. The lowest BCUT2D eigenvalue weighted by Gasteiger charge is -2.32. The first-order chi connectivity index (χ1) is 14.5. The molecule has 3 aromatic rings. The number of nitrogens with zero attached hydrogens (tertiary/aromatic N) is 1. The summed E-state index contributed by atoms with van der Waals surface area (Å²) < 4.78 is 29.5. The molecule has 0 saturated carbocycles. The summed E-state index contributed by atoms with van der Waals surface area (Å²) in [6, 6.07) is 25.6. The summed E-state index contributed by atoms with van der Waals surface area (Å²) in [6.45, 7) is 4.68.